The minimum absolute atomic E-state index is 0.340. The Bertz CT molecular complexity index is 1040. The molecule has 1 saturated carbocycles. The standard InChI is InChI=1S/C26H26O6/c1-26(12-6-7-13-26)32-25(30)23-21-17-10-4-2-8-15(17)20(16-9-3-5-11-18(16)21)22(23)24(29)31-14-19(27)28/h2-5,8-11,20-23H,6-7,12-14H2,1H3,(H,27,28). The lowest BCUT2D eigenvalue weighted by molar-refractivity contribution is -0.173. The zero-order chi connectivity index (χ0) is 22.5. The molecule has 6 heteroatoms. The van der Waals surface area contributed by atoms with E-state index < -0.39 is 42.0 Å². The van der Waals surface area contributed by atoms with Gasteiger partial charge in [0.2, 0.25) is 0 Å². The second-order valence-corrected chi connectivity index (χ2v) is 9.34. The van der Waals surface area contributed by atoms with Gasteiger partial charge < -0.3 is 14.6 Å². The van der Waals surface area contributed by atoms with Crippen LogP contribution in [-0.4, -0.2) is 35.2 Å². The van der Waals surface area contributed by atoms with Crippen LogP contribution in [0.1, 0.15) is 66.7 Å². The number of fused-ring (bicyclic) bond motifs is 1. The van der Waals surface area contributed by atoms with Crippen molar-refractivity contribution in [3.63, 3.8) is 0 Å². The van der Waals surface area contributed by atoms with E-state index in [4.69, 9.17) is 14.6 Å². The van der Waals surface area contributed by atoms with Gasteiger partial charge in [-0.05, 0) is 54.9 Å². The largest absolute Gasteiger partial charge is 0.479 e. The summed E-state index contributed by atoms with van der Waals surface area (Å²) in [4.78, 5) is 38.0. The summed E-state index contributed by atoms with van der Waals surface area (Å²) in [7, 11) is 0. The fourth-order valence-corrected chi connectivity index (χ4v) is 6.01. The molecule has 1 N–H and O–H groups in total. The van der Waals surface area contributed by atoms with E-state index in [0.29, 0.717) is 0 Å². The highest BCUT2D eigenvalue weighted by Crippen LogP contribution is 2.59. The fraction of sp³-hybridized carbons (Fsp3) is 0.423. The highest BCUT2D eigenvalue weighted by Gasteiger charge is 2.57. The molecule has 2 aromatic carbocycles. The maximum Gasteiger partial charge on any atom is 0.341 e. The second-order valence-electron chi connectivity index (χ2n) is 9.34. The van der Waals surface area contributed by atoms with Crippen LogP contribution in [0.2, 0.25) is 0 Å². The summed E-state index contributed by atoms with van der Waals surface area (Å²) in [6, 6.07) is 15.7. The molecule has 0 aromatic heterocycles. The summed E-state index contributed by atoms with van der Waals surface area (Å²) in [5, 5.41) is 9.04. The number of carbonyl (C=O) groups excluding carboxylic acids is 2. The van der Waals surface area contributed by atoms with E-state index in [9.17, 15) is 14.4 Å². The third-order valence-electron chi connectivity index (χ3n) is 7.33. The summed E-state index contributed by atoms with van der Waals surface area (Å²) in [5.41, 5.74) is 3.51. The van der Waals surface area contributed by atoms with Gasteiger partial charge in [0.1, 0.15) is 5.60 Å². The number of carboxylic acid groups (broad SMARTS) is 1. The molecule has 2 aromatic rings. The molecule has 6 nitrogen and oxygen atoms in total. The predicted octanol–water partition coefficient (Wildman–Crippen LogP) is 4.01. The van der Waals surface area contributed by atoms with E-state index in [1.807, 2.05) is 55.5 Å². The van der Waals surface area contributed by atoms with Crippen LogP contribution in [0, 0.1) is 11.8 Å². The smallest absolute Gasteiger partial charge is 0.341 e. The Hall–Kier alpha value is -3.15. The number of carbonyl (C=O) groups is 3. The van der Waals surface area contributed by atoms with Gasteiger partial charge >= 0.3 is 17.9 Å². The second kappa shape index (κ2) is 7.76. The molecular weight excluding hydrogens is 408 g/mol. The lowest BCUT2D eigenvalue weighted by Crippen LogP contribution is -2.49. The molecule has 6 rings (SSSR count). The summed E-state index contributed by atoms with van der Waals surface area (Å²) in [6.45, 7) is 1.23. The van der Waals surface area contributed by atoms with Crippen LogP contribution >= 0.6 is 0 Å². The number of rotatable bonds is 5. The third-order valence-corrected chi connectivity index (χ3v) is 7.33. The van der Waals surface area contributed by atoms with Gasteiger partial charge in [-0.1, -0.05) is 48.5 Å². The number of aliphatic carboxylic acids is 1. The number of hydrogen-bond acceptors (Lipinski definition) is 5. The Balaban J connectivity index is 1.62. The molecule has 1 fully saturated rings. The first kappa shape index (κ1) is 20.7. The van der Waals surface area contributed by atoms with Crippen molar-refractivity contribution in [2.24, 2.45) is 11.8 Å². The van der Waals surface area contributed by atoms with E-state index in [0.717, 1.165) is 47.9 Å². The minimum atomic E-state index is -1.22. The average molecular weight is 434 g/mol. The molecule has 0 amide bonds. The molecule has 2 bridgehead atoms. The fourth-order valence-electron chi connectivity index (χ4n) is 6.01. The van der Waals surface area contributed by atoms with Crippen molar-refractivity contribution >= 4 is 17.9 Å². The van der Waals surface area contributed by atoms with Crippen LogP contribution in [0.3, 0.4) is 0 Å². The normalized spacial score (nSPS) is 26.7. The number of carboxylic acids is 1. The Morgan fingerprint density at radius 1 is 0.844 bits per heavy atom. The molecule has 0 saturated heterocycles. The topological polar surface area (TPSA) is 89.9 Å². The number of ether oxygens (including phenoxy) is 2. The molecule has 2 atom stereocenters. The number of benzene rings is 2. The van der Waals surface area contributed by atoms with Gasteiger partial charge in [-0.25, -0.2) is 4.79 Å². The van der Waals surface area contributed by atoms with Crippen molar-refractivity contribution in [2.75, 3.05) is 6.61 Å². The van der Waals surface area contributed by atoms with Crippen LogP contribution in [0.15, 0.2) is 48.5 Å². The Morgan fingerprint density at radius 3 is 1.72 bits per heavy atom. The van der Waals surface area contributed by atoms with Gasteiger partial charge in [-0.3, -0.25) is 9.59 Å². The number of esters is 2. The summed E-state index contributed by atoms with van der Waals surface area (Å²) in [5.74, 6) is -4.60. The molecular formula is C26H26O6. The van der Waals surface area contributed by atoms with Crippen LogP contribution < -0.4 is 0 Å². The van der Waals surface area contributed by atoms with Crippen molar-refractivity contribution < 1.29 is 29.0 Å². The number of hydrogen-bond donors (Lipinski definition) is 1. The molecule has 4 aliphatic carbocycles. The van der Waals surface area contributed by atoms with Crippen LogP contribution in [0.25, 0.3) is 0 Å². The predicted molar refractivity (Wildman–Crippen MR) is 115 cm³/mol. The first-order valence-corrected chi connectivity index (χ1v) is 11.2. The first-order valence-electron chi connectivity index (χ1n) is 11.2. The quantitative estimate of drug-likeness (QED) is 0.715. The molecule has 166 valence electrons. The molecule has 0 spiro atoms. The lowest BCUT2D eigenvalue weighted by Gasteiger charge is -2.48. The molecule has 2 unspecified atom stereocenters. The zero-order valence-electron chi connectivity index (χ0n) is 18.0. The van der Waals surface area contributed by atoms with Gasteiger partial charge in [0, 0.05) is 11.8 Å². The van der Waals surface area contributed by atoms with Gasteiger partial charge in [0.25, 0.3) is 0 Å². The van der Waals surface area contributed by atoms with E-state index in [2.05, 4.69) is 0 Å². The van der Waals surface area contributed by atoms with Crippen molar-refractivity contribution in [3.8, 4) is 0 Å². The molecule has 32 heavy (non-hydrogen) atoms. The lowest BCUT2D eigenvalue weighted by atomic mass is 9.54. The van der Waals surface area contributed by atoms with Crippen LogP contribution in [0.5, 0.6) is 0 Å². The summed E-state index contributed by atoms with van der Waals surface area (Å²) < 4.78 is 11.2. The monoisotopic (exact) mass is 434 g/mol. The minimum Gasteiger partial charge on any atom is -0.479 e. The highest BCUT2D eigenvalue weighted by molar-refractivity contribution is 5.88. The maximum absolute atomic E-state index is 13.7. The first-order chi connectivity index (χ1) is 15.4. The maximum atomic E-state index is 13.7. The Labute approximate surface area is 186 Å². The Kier molecular flexibility index (Phi) is 5.03. The molecule has 0 aliphatic heterocycles. The van der Waals surface area contributed by atoms with E-state index >= 15 is 0 Å². The van der Waals surface area contributed by atoms with Gasteiger partial charge in [-0.2, -0.15) is 0 Å². The van der Waals surface area contributed by atoms with Crippen LogP contribution in [0.4, 0.5) is 0 Å². The Morgan fingerprint density at radius 2 is 1.28 bits per heavy atom. The van der Waals surface area contributed by atoms with E-state index in [1.54, 1.807) is 0 Å². The highest BCUT2D eigenvalue weighted by atomic mass is 16.6. The average Bonchev–Trinajstić information content (AvgIpc) is 3.22. The van der Waals surface area contributed by atoms with Crippen LogP contribution in [-0.2, 0) is 23.9 Å². The van der Waals surface area contributed by atoms with Crippen molar-refractivity contribution in [1.82, 2.24) is 0 Å². The van der Waals surface area contributed by atoms with E-state index in [-0.39, 0.29) is 11.8 Å². The van der Waals surface area contributed by atoms with Gasteiger partial charge in [0.05, 0.1) is 11.8 Å². The van der Waals surface area contributed by atoms with Crippen molar-refractivity contribution in [3.05, 3.63) is 70.8 Å². The molecule has 4 aliphatic rings. The SMILES string of the molecule is CC1(OC(=O)C2C3c4ccccc4C(c4ccccc43)C2C(=O)OCC(=O)O)CCCC1. The van der Waals surface area contributed by atoms with Gasteiger partial charge in [-0.15, -0.1) is 0 Å². The van der Waals surface area contributed by atoms with E-state index in [1.165, 1.54) is 0 Å². The van der Waals surface area contributed by atoms with Crippen molar-refractivity contribution in [2.45, 2.75) is 50.0 Å². The third kappa shape index (κ3) is 3.29. The summed E-state index contributed by atoms with van der Waals surface area (Å²) in [6.07, 6.45) is 3.63. The molecule has 0 radical (unpaired) electrons. The summed E-state index contributed by atoms with van der Waals surface area (Å²) >= 11 is 0. The molecule has 0 heterocycles. The van der Waals surface area contributed by atoms with Crippen molar-refractivity contribution in [1.29, 1.82) is 0 Å². The van der Waals surface area contributed by atoms with Gasteiger partial charge in [0.15, 0.2) is 6.61 Å². The zero-order valence-corrected chi connectivity index (χ0v) is 18.0.